The fourth-order valence-corrected chi connectivity index (χ4v) is 15.7. The van der Waals surface area contributed by atoms with Crippen LogP contribution in [0.15, 0.2) is 123 Å². The van der Waals surface area contributed by atoms with Crippen molar-refractivity contribution in [2.75, 3.05) is 88.0 Å². The predicted molar refractivity (Wildman–Crippen MR) is 439 cm³/mol. The van der Waals surface area contributed by atoms with E-state index in [9.17, 15) is 47.9 Å². The molecule has 0 bridgehead atoms. The van der Waals surface area contributed by atoms with Crippen LogP contribution in [0.1, 0.15) is 144 Å². The highest BCUT2D eigenvalue weighted by Crippen LogP contribution is 2.41. The molecule has 0 saturated carbocycles. The summed E-state index contributed by atoms with van der Waals surface area (Å²) in [4.78, 5) is 142. The molecule has 2 aliphatic rings. The molecule has 30 heteroatoms. The number of anilines is 4. The first-order valence-corrected chi connectivity index (χ1v) is 43.0. The number of nitrogens with two attached hydrogens (primary N) is 2. The Morgan fingerprint density at radius 1 is 0.513 bits per heavy atom. The first-order valence-electron chi connectivity index (χ1n) is 38.2. The van der Waals surface area contributed by atoms with Gasteiger partial charge in [-0.3, -0.25) is 58.8 Å². The van der Waals surface area contributed by atoms with E-state index < -0.39 is 77.5 Å². The minimum absolute atomic E-state index is 0.0102. The number of hydrogen-bond donors (Lipinski definition) is 6. The molecule has 2 fully saturated rings. The smallest absolute Gasteiger partial charge is 0.412 e. The lowest BCUT2D eigenvalue weighted by Gasteiger charge is -2.40. The molecule has 4 aromatic carbocycles. The molecule has 0 spiro atoms. The van der Waals surface area contributed by atoms with Crippen molar-refractivity contribution in [3.63, 3.8) is 0 Å². The summed E-state index contributed by atoms with van der Waals surface area (Å²) in [7, 11) is 0.535. The molecular formula is C83H116N10O18Si2. The number of likely N-dealkylation sites (tertiary alicyclic amines) is 2. The fourth-order valence-electron chi connectivity index (χ4n) is 13.7. The topological polar surface area (TPSA) is 358 Å². The highest BCUT2D eigenvalue weighted by Gasteiger charge is 2.45. The van der Waals surface area contributed by atoms with E-state index in [1.807, 2.05) is 9.80 Å². The van der Waals surface area contributed by atoms with Gasteiger partial charge in [0.2, 0.25) is 41.5 Å². The number of unbranched alkanes of at least 4 members (excludes halogenated alkanes) is 2. The van der Waals surface area contributed by atoms with Crippen LogP contribution in [-0.2, 0) is 60.3 Å². The van der Waals surface area contributed by atoms with Crippen LogP contribution in [0.2, 0.25) is 26.2 Å². The molecule has 113 heavy (non-hydrogen) atoms. The first kappa shape index (κ1) is 91.9. The third kappa shape index (κ3) is 27.7. The summed E-state index contributed by atoms with van der Waals surface area (Å²) in [5.41, 5.74) is 12.4. The standard InChI is InChI=1S/C83H116N10O18Si2/c1-17-40-90(41-18-2)62(36-38-70(84)94)72(96)76(98)86-56-32-28-54(29-33-56)52-108-80(102)88-60-48-58(78(100)92-44-24-26-64(92)74(82(5,6)7)110-112(13)14)66(104-11)50-68(60)106-46-22-21-23-47-107-69-51-67(105-12)59(79(101)93-45-25-27-65(93)75(83(8,9)10)111-113(15)16)49-61(69)89-81(103)109-53-55-30-34-57(35-31-55)87-77(99)73(97)63(37-39-71(85)95)91(42-19-3)43-20-4/h17-20,28-35,48-51,62-65,74-75H,1-4,21-27,36-47,52-53H2,5-16H3,(H2,84,94)(H2,85,95)(H,86,98)(H,87,99)(H,88,102)(H,89,103)/t62-,63-,64-,65?,74?,75?/m0/s1. The zero-order chi connectivity index (χ0) is 83.3. The zero-order valence-electron chi connectivity index (χ0n) is 67.7. The molecule has 614 valence electrons. The molecule has 2 aliphatic heterocycles. The number of nitrogens with one attached hydrogen (secondary N) is 4. The van der Waals surface area contributed by atoms with Crippen molar-refractivity contribution in [1.29, 1.82) is 0 Å². The second kappa shape index (κ2) is 44.5. The van der Waals surface area contributed by atoms with Crippen molar-refractivity contribution in [3.05, 3.63) is 146 Å². The SMILES string of the molecule is C=CCN(CC=C)[C@@H](CCC(N)=O)C(=O)C(=O)Nc1ccc(COC(=O)Nc2cc(C(=O)N3CCCC3C(O[Si](C)C)C(C)(C)C)c(OC)cc2OCCCCCOc2cc(OC)c(C(=O)N3CCC[C@H]3C(O[Si](C)C)C(C)(C)C)cc2NC(=O)OCc2ccc(NC(=O)C(=O)[C@H](CCC(N)=O)N(CC=C)CC=C)cc2)cc1. The molecule has 2 saturated heterocycles. The normalized spacial score (nSPS) is 15.3. The molecule has 0 aromatic heterocycles. The van der Waals surface area contributed by atoms with Crippen LogP contribution in [0.25, 0.3) is 0 Å². The monoisotopic (exact) mass is 1600 g/mol. The van der Waals surface area contributed by atoms with Crippen LogP contribution in [0.3, 0.4) is 0 Å². The lowest BCUT2D eigenvalue weighted by Crippen LogP contribution is -2.50. The molecule has 2 heterocycles. The molecule has 4 aromatic rings. The van der Waals surface area contributed by atoms with Gasteiger partial charge in [0.05, 0.1) is 86.3 Å². The van der Waals surface area contributed by atoms with Gasteiger partial charge in [0.1, 0.15) is 36.2 Å². The van der Waals surface area contributed by atoms with Crippen molar-refractivity contribution in [3.8, 4) is 23.0 Å². The number of amides is 8. The average Bonchev–Trinajstić information content (AvgIpc) is 1.50. The Hall–Kier alpha value is -9.99. The van der Waals surface area contributed by atoms with E-state index in [1.54, 1.807) is 94.8 Å². The number of primary amides is 2. The Bertz CT molecular complexity index is 3700. The Morgan fingerprint density at radius 3 is 1.16 bits per heavy atom. The molecule has 6 atom stereocenters. The van der Waals surface area contributed by atoms with Crippen LogP contribution in [0, 0.1) is 10.8 Å². The number of carbonyl (C=O) groups excluding carboxylic acids is 10. The van der Waals surface area contributed by atoms with E-state index in [4.69, 9.17) is 48.7 Å². The number of nitrogens with zero attached hydrogens (tertiary/aromatic N) is 4. The third-order valence-electron chi connectivity index (χ3n) is 19.0. The maximum Gasteiger partial charge on any atom is 0.412 e. The summed E-state index contributed by atoms with van der Waals surface area (Å²) in [6.45, 7) is 37.5. The Kier molecular flexibility index (Phi) is 36.2. The van der Waals surface area contributed by atoms with E-state index in [0.717, 1.165) is 25.7 Å². The van der Waals surface area contributed by atoms with Gasteiger partial charge in [-0.05, 0) is 142 Å². The number of ketones is 2. The van der Waals surface area contributed by atoms with Crippen LogP contribution < -0.4 is 51.7 Å². The van der Waals surface area contributed by atoms with Crippen LogP contribution in [-0.4, -0.2) is 200 Å². The minimum atomic E-state index is -1.18. The maximum absolute atomic E-state index is 14.9. The lowest BCUT2D eigenvalue weighted by atomic mass is 9.83. The number of Topliss-reactive ketones (excluding diaryl/α,β-unsaturated/α-hetero) is 2. The fraction of sp³-hybridized carbons (Fsp3) is 0.494. The number of carbonyl (C=O) groups is 10. The van der Waals surface area contributed by atoms with Gasteiger partial charge in [-0.25, -0.2) is 9.59 Å². The summed E-state index contributed by atoms with van der Waals surface area (Å²) in [5, 5.41) is 10.8. The zero-order valence-corrected chi connectivity index (χ0v) is 69.7. The number of ether oxygens (including phenoxy) is 6. The largest absolute Gasteiger partial charge is 0.496 e. The number of benzene rings is 4. The number of rotatable bonds is 46. The van der Waals surface area contributed by atoms with Gasteiger partial charge in [0, 0.05) is 75.6 Å². The second-order valence-corrected chi connectivity index (χ2v) is 34.5. The van der Waals surface area contributed by atoms with Gasteiger partial charge in [-0.2, -0.15) is 0 Å². The quantitative estimate of drug-likeness (QED) is 0.0104. The average molecular weight is 1600 g/mol. The maximum atomic E-state index is 14.9. The summed E-state index contributed by atoms with van der Waals surface area (Å²) in [5.74, 6) is -4.51. The van der Waals surface area contributed by atoms with Crippen molar-refractivity contribution in [2.45, 2.75) is 188 Å². The van der Waals surface area contributed by atoms with E-state index >= 15 is 0 Å². The van der Waals surface area contributed by atoms with Gasteiger partial charge >= 0.3 is 12.2 Å². The Balaban J connectivity index is 1.20. The molecule has 6 rings (SSSR count). The van der Waals surface area contributed by atoms with Gasteiger partial charge in [0.15, 0.2) is 0 Å². The molecule has 8 N–H and O–H groups in total. The van der Waals surface area contributed by atoms with E-state index in [2.05, 4.69) is 115 Å². The highest BCUT2D eigenvalue weighted by atomic mass is 28.3. The summed E-state index contributed by atoms with van der Waals surface area (Å²) >= 11 is 0. The highest BCUT2D eigenvalue weighted by molar-refractivity contribution is 6.48. The van der Waals surface area contributed by atoms with Crippen molar-refractivity contribution in [1.82, 2.24) is 19.6 Å². The molecule has 3 unspecified atom stereocenters. The Morgan fingerprint density at radius 2 is 0.858 bits per heavy atom. The van der Waals surface area contributed by atoms with E-state index in [-0.39, 0.29) is 182 Å². The van der Waals surface area contributed by atoms with Gasteiger partial charge in [0.25, 0.3) is 23.6 Å². The number of methoxy groups -OCH3 is 2. The first-order chi connectivity index (χ1) is 53.7. The van der Waals surface area contributed by atoms with Crippen LogP contribution in [0.5, 0.6) is 23.0 Å². The lowest BCUT2D eigenvalue weighted by molar-refractivity contribution is -0.138. The van der Waals surface area contributed by atoms with Gasteiger partial charge < -0.3 is 69.2 Å². The summed E-state index contributed by atoms with van der Waals surface area (Å²) < 4.78 is 49.3. The van der Waals surface area contributed by atoms with E-state index in [1.165, 1.54) is 26.4 Å². The van der Waals surface area contributed by atoms with Crippen molar-refractivity contribution < 1.29 is 85.2 Å². The molecular weight excluding hydrogens is 1480 g/mol. The van der Waals surface area contributed by atoms with Crippen molar-refractivity contribution >= 4 is 100 Å². The Labute approximate surface area is 668 Å². The van der Waals surface area contributed by atoms with E-state index in [0.29, 0.717) is 43.5 Å². The predicted octanol–water partition coefficient (Wildman–Crippen LogP) is 12.0. The molecule has 28 nitrogen and oxygen atoms in total. The minimum Gasteiger partial charge on any atom is -0.496 e. The molecule has 8 amide bonds. The van der Waals surface area contributed by atoms with Gasteiger partial charge in [-0.1, -0.05) is 90.1 Å². The summed E-state index contributed by atoms with van der Waals surface area (Å²) in [6, 6.07) is 16.3. The molecule has 0 aliphatic carbocycles. The second-order valence-electron chi connectivity index (χ2n) is 30.4. The molecule has 2 radical (unpaired) electrons. The van der Waals surface area contributed by atoms with Crippen LogP contribution >= 0.6 is 0 Å². The van der Waals surface area contributed by atoms with Gasteiger partial charge in [-0.15, -0.1) is 26.3 Å². The summed E-state index contributed by atoms with van der Waals surface area (Å²) in [6.07, 6.45) is 8.18. The van der Waals surface area contributed by atoms with Crippen molar-refractivity contribution in [2.24, 2.45) is 22.3 Å². The third-order valence-corrected chi connectivity index (χ3v) is 20.4. The van der Waals surface area contributed by atoms with Crippen LogP contribution in [0.4, 0.5) is 32.3 Å². The number of hydrogen-bond acceptors (Lipinski definition) is 20.